The highest BCUT2D eigenvalue weighted by molar-refractivity contribution is 7.92. The van der Waals surface area contributed by atoms with E-state index in [0.29, 0.717) is 13.1 Å². The van der Waals surface area contributed by atoms with Crippen LogP contribution in [0.2, 0.25) is 0 Å². The van der Waals surface area contributed by atoms with Gasteiger partial charge in [0.05, 0.1) is 17.7 Å². The van der Waals surface area contributed by atoms with Crippen LogP contribution in [-0.2, 0) is 14.8 Å². The summed E-state index contributed by atoms with van der Waals surface area (Å²) in [5.41, 5.74) is -0.266. The number of carbonyl (C=O) groups excluding carboxylic acids is 2. The summed E-state index contributed by atoms with van der Waals surface area (Å²) in [7, 11) is -1.73. The zero-order chi connectivity index (χ0) is 28.0. The van der Waals surface area contributed by atoms with Crippen LogP contribution in [0.25, 0.3) is 0 Å². The smallest absolute Gasteiger partial charge is 0.404 e. The highest BCUT2D eigenvalue weighted by atomic mass is 32.2. The number of carbonyl (C=O) groups is 2. The van der Waals surface area contributed by atoms with E-state index in [4.69, 9.17) is 9.47 Å². The fourth-order valence-electron chi connectivity index (χ4n) is 3.89. The Morgan fingerprint density at radius 2 is 1.92 bits per heavy atom. The molecule has 1 aliphatic rings. The van der Waals surface area contributed by atoms with Crippen LogP contribution in [0.15, 0.2) is 18.2 Å². The van der Waals surface area contributed by atoms with E-state index >= 15 is 0 Å². The van der Waals surface area contributed by atoms with Crippen molar-refractivity contribution in [2.45, 2.75) is 45.5 Å². The quantitative estimate of drug-likeness (QED) is 0.561. The van der Waals surface area contributed by atoms with Crippen molar-refractivity contribution in [1.82, 2.24) is 15.1 Å². The van der Waals surface area contributed by atoms with Crippen LogP contribution in [-0.4, -0.2) is 94.6 Å². The van der Waals surface area contributed by atoms with Crippen LogP contribution in [0, 0.1) is 5.92 Å². The van der Waals surface area contributed by atoms with Gasteiger partial charge in [-0.25, -0.2) is 13.2 Å². The molecule has 1 aromatic rings. The lowest BCUT2D eigenvalue weighted by atomic mass is 10.0. The molecule has 0 aliphatic carbocycles. The minimum absolute atomic E-state index is 0.00700. The van der Waals surface area contributed by atoms with E-state index in [1.807, 2.05) is 18.6 Å². The lowest BCUT2D eigenvalue weighted by molar-refractivity contribution is -0.106. The van der Waals surface area contributed by atoms with Crippen molar-refractivity contribution in [2.75, 3.05) is 50.9 Å². The van der Waals surface area contributed by atoms with Crippen LogP contribution in [0.1, 0.15) is 37.6 Å². The third-order valence-corrected chi connectivity index (χ3v) is 7.11. The number of sulfonamides is 1. The minimum atomic E-state index is -4.93. The monoisotopic (exact) mass is 552 g/mol. The average Bonchev–Trinajstić information content (AvgIpc) is 2.79. The highest BCUT2D eigenvalue weighted by Gasteiger charge is 2.35. The summed E-state index contributed by atoms with van der Waals surface area (Å²) in [6.45, 7) is 6.61. The Morgan fingerprint density at radius 1 is 1.24 bits per heavy atom. The predicted molar refractivity (Wildman–Crippen MR) is 132 cm³/mol. The first-order valence-corrected chi connectivity index (χ1v) is 13.5. The molecular weight excluding hydrogens is 517 g/mol. The molecule has 0 saturated carbocycles. The molecule has 10 nitrogen and oxygen atoms in total. The standard InChI is InChI=1S/C23H35F3N4O6S/c1-6-9-27-22(32)30-11-15(2)20(35-5)12-29(4)21(31)18-10-17(7-8-19(18)36-13-16(30)3)28-37(33,34)14-23(24,25)26/h7-8,10,15-16,20,28H,6,9,11-14H2,1-5H3,(H,27,32)/t15-,16-,20+/m1/s1. The lowest BCUT2D eigenvalue weighted by Crippen LogP contribution is -2.51. The number of urea groups is 1. The molecule has 0 spiro atoms. The Kier molecular flexibility index (Phi) is 10.4. The second-order valence-corrected chi connectivity index (χ2v) is 10.9. The number of hydrogen-bond donors (Lipinski definition) is 2. The molecule has 3 amide bonds. The molecule has 14 heteroatoms. The minimum Gasteiger partial charge on any atom is -0.491 e. The molecule has 0 radical (unpaired) electrons. The lowest BCUT2D eigenvalue weighted by Gasteiger charge is -2.36. The van der Waals surface area contributed by atoms with Crippen LogP contribution < -0.4 is 14.8 Å². The molecule has 0 bridgehead atoms. The van der Waals surface area contributed by atoms with Gasteiger partial charge in [0, 0.05) is 45.4 Å². The molecule has 0 unspecified atom stereocenters. The molecule has 2 N–H and O–H groups in total. The number of nitrogens with zero attached hydrogens (tertiary/aromatic N) is 2. The fourth-order valence-corrected chi connectivity index (χ4v) is 4.88. The predicted octanol–water partition coefficient (Wildman–Crippen LogP) is 2.92. The van der Waals surface area contributed by atoms with E-state index in [0.717, 1.165) is 12.5 Å². The van der Waals surface area contributed by atoms with Crippen LogP contribution in [0.4, 0.5) is 23.7 Å². The van der Waals surface area contributed by atoms with Crippen molar-refractivity contribution in [3.05, 3.63) is 23.8 Å². The van der Waals surface area contributed by atoms with Gasteiger partial charge in [0.2, 0.25) is 10.0 Å². The Hall–Kier alpha value is -2.74. The van der Waals surface area contributed by atoms with Gasteiger partial charge in [0.1, 0.15) is 12.4 Å². The van der Waals surface area contributed by atoms with Gasteiger partial charge in [0.15, 0.2) is 5.75 Å². The molecule has 210 valence electrons. The number of nitrogens with one attached hydrogen (secondary N) is 2. The number of anilines is 1. The third-order valence-electron chi connectivity index (χ3n) is 5.86. The van der Waals surface area contributed by atoms with Gasteiger partial charge in [-0.1, -0.05) is 13.8 Å². The van der Waals surface area contributed by atoms with Gasteiger partial charge in [-0.2, -0.15) is 13.2 Å². The summed E-state index contributed by atoms with van der Waals surface area (Å²) in [6, 6.07) is 2.97. The first-order valence-electron chi connectivity index (χ1n) is 11.8. The summed E-state index contributed by atoms with van der Waals surface area (Å²) in [6.07, 6.45) is -4.62. The summed E-state index contributed by atoms with van der Waals surface area (Å²) in [5.74, 6) is -2.68. The molecule has 1 aliphatic heterocycles. The van der Waals surface area contributed by atoms with Crippen molar-refractivity contribution in [3.8, 4) is 5.75 Å². The van der Waals surface area contributed by atoms with Crippen LogP contribution in [0.5, 0.6) is 5.75 Å². The summed E-state index contributed by atoms with van der Waals surface area (Å²) in [4.78, 5) is 29.2. The SMILES string of the molecule is CCCNC(=O)N1C[C@@H](C)[C@@H](OC)CN(C)C(=O)c2cc(NS(=O)(=O)CC(F)(F)F)ccc2OC[C@H]1C. The van der Waals surface area contributed by atoms with Gasteiger partial charge in [-0.3, -0.25) is 9.52 Å². The van der Waals surface area contributed by atoms with Crippen molar-refractivity contribution in [1.29, 1.82) is 0 Å². The molecule has 0 aromatic heterocycles. The second-order valence-electron chi connectivity index (χ2n) is 9.17. The summed E-state index contributed by atoms with van der Waals surface area (Å²) in [5, 5.41) is 2.86. The van der Waals surface area contributed by atoms with Gasteiger partial charge in [0.25, 0.3) is 5.91 Å². The van der Waals surface area contributed by atoms with E-state index in [2.05, 4.69) is 5.32 Å². The Balaban J connectivity index is 2.44. The first kappa shape index (κ1) is 30.5. The Morgan fingerprint density at radius 3 is 2.51 bits per heavy atom. The van der Waals surface area contributed by atoms with Gasteiger partial charge in [-0.15, -0.1) is 0 Å². The van der Waals surface area contributed by atoms with Crippen molar-refractivity contribution in [3.63, 3.8) is 0 Å². The van der Waals surface area contributed by atoms with E-state index in [-0.39, 0.29) is 42.1 Å². The second kappa shape index (κ2) is 12.7. The molecule has 1 aromatic carbocycles. The Labute approximate surface area is 215 Å². The number of fused-ring (bicyclic) bond motifs is 1. The third kappa shape index (κ3) is 8.95. The fraction of sp³-hybridized carbons (Fsp3) is 0.652. The van der Waals surface area contributed by atoms with E-state index in [9.17, 15) is 31.2 Å². The van der Waals surface area contributed by atoms with Crippen molar-refractivity contribution >= 4 is 27.6 Å². The average molecular weight is 553 g/mol. The molecule has 3 atom stereocenters. The van der Waals surface area contributed by atoms with Crippen molar-refractivity contribution in [2.24, 2.45) is 5.92 Å². The first-order chi connectivity index (χ1) is 17.2. The van der Waals surface area contributed by atoms with E-state index < -0.39 is 40.0 Å². The van der Waals surface area contributed by atoms with Gasteiger partial charge < -0.3 is 24.6 Å². The van der Waals surface area contributed by atoms with Gasteiger partial charge >= 0.3 is 12.2 Å². The largest absolute Gasteiger partial charge is 0.491 e. The van der Waals surface area contributed by atoms with Crippen LogP contribution in [0.3, 0.4) is 0 Å². The maximum Gasteiger partial charge on any atom is 0.404 e. The number of ether oxygens (including phenoxy) is 2. The zero-order valence-corrected chi connectivity index (χ0v) is 22.4. The maximum absolute atomic E-state index is 13.3. The Bertz CT molecular complexity index is 1050. The highest BCUT2D eigenvalue weighted by Crippen LogP contribution is 2.28. The van der Waals surface area contributed by atoms with Gasteiger partial charge in [-0.05, 0) is 31.5 Å². The number of methoxy groups -OCH3 is 1. The maximum atomic E-state index is 13.3. The number of benzene rings is 1. The normalized spacial score (nSPS) is 21.8. The molecule has 2 rings (SSSR count). The zero-order valence-electron chi connectivity index (χ0n) is 21.6. The van der Waals surface area contributed by atoms with Crippen molar-refractivity contribution < 1.29 is 40.7 Å². The molecule has 1 heterocycles. The molecule has 0 saturated heterocycles. The van der Waals surface area contributed by atoms with E-state index in [1.165, 1.54) is 31.2 Å². The molecule has 37 heavy (non-hydrogen) atoms. The molecule has 0 fully saturated rings. The number of likely N-dealkylation sites (N-methyl/N-ethyl adjacent to an activating group) is 1. The number of rotatable bonds is 6. The molecular formula is C23H35F3N4O6S. The van der Waals surface area contributed by atoms with E-state index in [1.54, 1.807) is 11.8 Å². The topological polar surface area (TPSA) is 117 Å². The number of alkyl halides is 3. The summed E-state index contributed by atoms with van der Waals surface area (Å²) >= 11 is 0. The van der Waals surface area contributed by atoms with Crippen LogP contribution >= 0.6 is 0 Å². The number of halogens is 3. The summed E-state index contributed by atoms with van der Waals surface area (Å²) < 4.78 is 75.2. The number of amides is 3. The number of hydrogen-bond acceptors (Lipinski definition) is 6.